The number of nitrogens with zero attached hydrogens (tertiary/aromatic N) is 4. The van der Waals surface area contributed by atoms with Crippen LogP contribution in [0.25, 0.3) is 11.5 Å². The Labute approximate surface area is 151 Å². The van der Waals surface area contributed by atoms with Gasteiger partial charge in [-0.25, -0.2) is 9.78 Å². The fourth-order valence-electron chi connectivity index (χ4n) is 2.02. The maximum Gasteiger partial charge on any atom is 0.340 e. The van der Waals surface area contributed by atoms with Gasteiger partial charge >= 0.3 is 5.97 Å². The molecule has 0 N–H and O–H groups in total. The lowest BCUT2D eigenvalue weighted by Gasteiger charge is -2.09. The van der Waals surface area contributed by atoms with Crippen LogP contribution in [0.3, 0.4) is 0 Å². The lowest BCUT2D eigenvalue weighted by atomic mass is 10.2. The molecule has 0 radical (unpaired) electrons. The molecule has 2 aromatic heterocycles. The van der Waals surface area contributed by atoms with Crippen molar-refractivity contribution < 1.29 is 18.9 Å². The SMILES string of the molecule is C[C@H](OC(=O)c1ccc(Cl)nc1)c1nnc(-c2ccc([N+](=O)[O-])cc2)o1. The third-order valence-corrected chi connectivity index (χ3v) is 3.58. The molecule has 10 heteroatoms. The molecule has 0 unspecified atom stereocenters. The number of nitro benzene ring substituents is 1. The number of nitro groups is 1. The number of hydrogen-bond donors (Lipinski definition) is 0. The highest BCUT2D eigenvalue weighted by atomic mass is 35.5. The smallest absolute Gasteiger partial charge is 0.340 e. The number of halogens is 1. The molecule has 0 amide bonds. The molecule has 0 aliphatic rings. The molecule has 3 aromatic rings. The van der Waals surface area contributed by atoms with Crippen molar-refractivity contribution in [1.82, 2.24) is 15.2 Å². The quantitative estimate of drug-likeness (QED) is 0.287. The predicted octanol–water partition coefficient (Wildman–Crippen LogP) is 3.61. The molecule has 1 atom stereocenters. The minimum Gasteiger partial charge on any atom is -0.449 e. The lowest BCUT2D eigenvalue weighted by Crippen LogP contribution is -2.09. The van der Waals surface area contributed by atoms with Gasteiger partial charge in [-0.1, -0.05) is 11.6 Å². The molecule has 0 bridgehead atoms. The highest BCUT2D eigenvalue weighted by Gasteiger charge is 2.20. The van der Waals surface area contributed by atoms with Gasteiger partial charge in [0.25, 0.3) is 11.6 Å². The average molecular weight is 375 g/mol. The van der Waals surface area contributed by atoms with Crippen molar-refractivity contribution in [3.05, 3.63) is 69.3 Å². The van der Waals surface area contributed by atoms with Crippen molar-refractivity contribution in [2.75, 3.05) is 0 Å². The molecular weight excluding hydrogens is 364 g/mol. The number of rotatable bonds is 5. The molecule has 0 fully saturated rings. The third-order valence-electron chi connectivity index (χ3n) is 3.36. The topological polar surface area (TPSA) is 121 Å². The average Bonchev–Trinajstić information content (AvgIpc) is 3.12. The molecule has 1 aromatic carbocycles. The van der Waals surface area contributed by atoms with Crippen LogP contribution in [0.1, 0.15) is 29.3 Å². The maximum atomic E-state index is 12.1. The van der Waals surface area contributed by atoms with Crippen LogP contribution in [0, 0.1) is 10.1 Å². The van der Waals surface area contributed by atoms with Crippen LogP contribution in [0.5, 0.6) is 0 Å². The molecule has 0 saturated heterocycles. The first kappa shape index (κ1) is 17.5. The Morgan fingerprint density at radius 1 is 1.23 bits per heavy atom. The van der Waals surface area contributed by atoms with Gasteiger partial charge in [0, 0.05) is 23.9 Å². The van der Waals surface area contributed by atoms with E-state index in [9.17, 15) is 14.9 Å². The fraction of sp³-hybridized carbons (Fsp3) is 0.125. The highest BCUT2D eigenvalue weighted by Crippen LogP contribution is 2.24. The summed E-state index contributed by atoms with van der Waals surface area (Å²) in [5, 5.41) is 18.6. The standard InChI is InChI=1S/C16H11ClN4O5/c1-9(25-16(22)11-4-7-13(17)18-8-11)14-19-20-15(26-14)10-2-5-12(6-3-10)21(23)24/h2-9H,1H3/t9-/m0/s1. The summed E-state index contributed by atoms with van der Waals surface area (Å²) in [4.78, 5) is 26.0. The molecule has 0 aliphatic heterocycles. The summed E-state index contributed by atoms with van der Waals surface area (Å²) in [6.07, 6.45) is 0.505. The Morgan fingerprint density at radius 2 is 1.96 bits per heavy atom. The van der Waals surface area contributed by atoms with Crippen molar-refractivity contribution in [3.8, 4) is 11.5 Å². The van der Waals surface area contributed by atoms with E-state index in [1.165, 1.54) is 42.6 Å². The molecule has 26 heavy (non-hydrogen) atoms. The number of esters is 1. The minimum absolute atomic E-state index is 0.0487. The van der Waals surface area contributed by atoms with Crippen molar-refractivity contribution in [3.63, 3.8) is 0 Å². The van der Waals surface area contributed by atoms with Gasteiger partial charge in [0.15, 0.2) is 6.10 Å². The van der Waals surface area contributed by atoms with E-state index in [2.05, 4.69) is 15.2 Å². The van der Waals surface area contributed by atoms with Crippen molar-refractivity contribution in [2.24, 2.45) is 0 Å². The summed E-state index contributed by atoms with van der Waals surface area (Å²) < 4.78 is 10.7. The molecule has 0 spiro atoms. The number of carbonyl (C=O) groups is 1. The molecule has 0 aliphatic carbocycles. The van der Waals surface area contributed by atoms with Crippen molar-refractivity contribution in [2.45, 2.75) is 13.0 Å². The third kappa shape index (κ3) is 3.83. The Hall–Kier alpha value is -3.33. The summed E-state index contributed by atoms with van der Waals surface area (Å²) in [6.45, 7) is 1.58. The number of hydrogen-bond acceptors (Lipinski definition) is 8. The van der Waals surface area contributed by atoms with E-state index in [-0.39, 0.29) is 28.2 Å². The van der Waals surface area contributed by atoms with Crippen LogP contribution in [-0.4, -0.2) is 26.1 Å². The summed E-state index contributed by atoms with van der Waals surface area (Å²) in [5.74, 6) is -0.365. The van der Waals surface area contributed by atoms with E-state index in [4.69, 9.17) is 20.8 Å². The highest BCUT2D eigenvalue weighted by molar-refractivity contribution is 6.29. The van der Waals surface area contributed by atoms with E-state index in [0.29, 0.717) is 5.56 Å². The Kier molecular flexibility index (Phi) is 4.90. The van der Waals surface area contributed by atoms with Gasteiger partial charge in [-0.05, 0) is 31.2 Å². The number of pyridine rings is 1. The van der Waals surface area contributed by atoms with Gasteiger partial charge in [0.05, 0.1) is 10.5 Å². The van der Waals surface area contributed by atoms with Gasteiger partial charge in [0.2, 0.25) is 5.89 Å². The minimum atomic E-state index is -0.794. The number of ether oxygens (including phenoxy) is 1. The fourth-order valence-corrected chi connectivity index (χ4v) is 2.13. The molecule has 2 heterocycles. The van der Waals surface area contributed by atoms with Crippen LogP contribution in [-0.2, 0) is 4.74 Å². The van der Waals surface area contributed by atoms with Gasteiger partial charge in [-0.2, -0.15) is 0 Å². The van der Waals surface area contributed by atoms with E-state index in [1.54, 1.807) is 6.92 Å². The van der Waals surface area contributed by atoms with Crippen molar-refractivity contribution >= 4 is 23.3 Å². The van der Waals surface area contributed by atoms with Crippen LogP contribution >= 0.6 is 11.6 Å². The molecular formula is C16H11ClN4O5. The summed E-state index contributed by atoms with van der Waals surface area (Å²) in [6, 6.07) is 8.60. The molecule has 3 rings (SSSR count). The Balaban J connectivity index is 1.71. The Bertz CT molecular complexity index is 940. The summed E-state index contributed by atoms with van der Waals surface area (Å²) in [5.41, 5.74) is 0.693. The maximum absolute atomic E-state index is 12.1. The van der Waals surface area contributed by atoms with Crippen molar-refractivity contribution in [1.29, 1.82) is 0 Å². The van der Waals surface area contributed by atoms with Gasteiger partial charge in [-0.3, -0.25) is 10.1 Å². The number of non-ortho nitro benzene ring substituents is 1. The van der Waals surface area contributed by atoms with Gasteiger partial charge in [-0.15, -0.1) is 10.2 Å². The van der Waals surface area contributed by atoms with E-state index >= 15 is 0 Å². The molecule has 132 valence electrons. The van der Waals surface area contributed by atoms with Crippen LogP contribution in [0.4, 0.5) is 5.69 Å². The first-order chi connectivity index (χ1) is 12.4. The zero-order valence-corrected chi connectivity index (χ0v) is 14.1. The van der Waals surface area contributed by atoms with Crippen LogP contribution < -0.4 is 0 Å². The number of aromatic nitrogens is 3. The zero-order valence-electron chi connectivity index (χ0n) is 13.3. The Morgan fingerprint density at radius 3 is 2.58 bits per heavy atom. The normalized spacial score (nSPS) is 11.8. The zero-order chi connectivity index (χ0) is 18.7. The second kappa shape index (κ2) is 7.28. The number of carbonyl (C=O) groups excluding carboxylic acids is 1. The molecule has 0 saturated carbocycles. The van der Waals surface area contributed by atoms with E-state index in [1.807, 2.05) is 0 Å². The summed E-state index contributed by atoms with van der Waals surface area (Å²) in [7, 11) is 0. The predicted molar refractivity (Wildman–Crippen MR) is 89.5 cm³/mol. The lowest BCUT2D eigenvalue weighted by molar-refractivity contribution is -0.384. The second-order valence-electron chi connectivity index (χ2n) is 5.17. The summed E-state index contributed by atoms with van der Waals surface area (Å²) >= 11 is 5.67. The van der Waals surface area contributed by atoms with Gasteiger partial charge < -0.3 is 9.15 Å². The molecule has 9 nitrogen and oxygen atoms in total. The van der Waals surface area contributed by atoms with Crippen LogP contribution in [0.2, 0.25) is 5.15 Å². The van der Waals surface area contributed by atoms with Crippen LogP contribution in [0.15, 0.2) is 47.0 Å². The van der Waals surface area contributed by atoms with Gasteiger partial charge in [0.1, 0.15) is 5.15 Å². The van der Waals surface area contributed by atoms with E-state index < -0.39 is 17.0 Å². The first-order valence-corrected chi connectivity index (χ1v) is 7.72. The largest absolute Gasteiger partial charge is 0.449 e. The monoisotopic (exact) mass is 374 g/mol. The second-order valence-corrected chi connectivity index (χ2v) is 5.55. The number of benzene rings is 1. The first-order valence-electron chi connectivity index (χ1n) is 7.35. The van der Waals surface area contributed by atoms with E-state index in [0.717, 1.165) is 0 Å².